The van der Waals surface area contributed by atoms with E-state index in [4.69, 9.17) is 0 Å². The van der Waals surface area contributed by atoms with E-state index in [0.29, 0.717) is 18.2 Å². The standard InChI is InChI=1S/C22H31FN4O/c1-4-12-27-20(10-11-24-27)22(28)26-14-5-13-25(21(16-26)17(2)3)15-18-6-8-19(23)9-7-18/h6-11,17,21H,4-5,12-16H2,1-3H3. The Kier molecular flexibility index (Phi) is 6.83. The molecule has 0 spiro atoms. The van der Waals surface area contributed by atoms with Crippen LogP contribution in [0, 0.1) is 11.7 Å². The lowest BCUT2D eigenvalue weighted by Gasteiger charge is -2.34. The summed E-state index contributed by atoms with van der Waals surface area (Å²) in [5.41, 5.74) is 1.78. The molecular weight excluding hydrogens is 355 g/mol. The third kappa shape index (κ3) is 4.79. The zero-order valence-corrected chi connectivity index (χ0v) is 17.1. The smallest absolute Gasteiger partial charge is 0.272 e. The van der Waals surface area contributed by atoms with Crippen molar-refractivity contribution in [2.45, 2.75) is 52.7 Å². The molecule has 6 heteroatoms. The van der Waals surface area contributed by atoms with Crippen LogP contribution in [0.4, 0.5) is 4.39 Å². The second-order valence-corrected chi connectivity index (χ2v) is 7.95. The normalized spacial score (nSPS) is 18.5. The van der Waals surface area contributed by atoms with E-state index in [2.05, 4.69) is 30.8 Å². The van der Waals surface area contributed by atoms with Gasteiger partial charge in [0.05, 0.1) is 0 Å². The molecule has 0 radical (unpaired) electrons. The maximum Gasteiger partial charge on any atom is 0.272 e. The number of benzene rings is 1. The van der Waals surface area contributed by atoms with Crippen molar-refractivity contribution in [1.29, 1.82) is 0 Å². The molecule has 0 aliphatic carbocycles. The van der Waals surface area contributed by atoms with E-state index >= 15 is 0 Å². The minimum absolute atomic E-state index is 0.0697. The molecule has 28 heavy (non-hydrogen) atoms. The first-order valence-corrected chi connectivity index (χ1v) is 10.3. The average Bonchev–Trinajstić information content (AvgIpc) is 3.02. The van der Waals surface area contributed by atoms with Crippen molar-refractivity contribution in [3.05, 3.63) is 53.6 Å². The molecule has 1 aliphatic rings. The van der Waals surface area contributed by atoms with Crippen LogP contribution in [0.25, 0.3) is 0 Å². The first kappa shape index (κ1) is 20.5. The van der Waals surface area contributed by atoms with Crippen molar-refractivity contribution < 1.29 is 9.18 Å². The average molecular weight is 387 g/mol. The fourth-order valence-electron chi connectivity index (χ4n) is 3.97. The van der Waals surface area contributed by atoms with Gasteiger partial charge in [-0.15, -0.1) is 0 Å². The summed E-state index contributed by atoms with van der Waals surface area (Å²) in [5, 5.41) is 4.31. The summed E-state index contributed by atoms with van der Waals surface area (Å²) in [6.07, 6.45) is 3.58. The van der Waals surface area contributed by atoms with E-state index in [1.54, 1.807) is 6.20 Å². The van der Waals surface area contributed by atoms with Gasteiger partial charge < -0.3 is 4.90 Å². The first-order valence-electron chi connectivity index (χ1n) is 10.3. The van der Waals surface area contributed by atoms with Crippen molar-refractivity contribution in [3.8, 4) is 0 Å². The fourth-order valence-corrected chi connectivity index (χ4v) is 3.97. The SMILES string of the molecule is CCCn1nccc1C(=O)N1CCCN(Cc2ccc(F)cc2)C(C(C)C)C1. The molecule has 1 aromatic carbocycles. The Bertz CT molecular complexity index is 771. The quantitative estimate of drug-likeness (QED) is 0.758. The molecule has 0 N–H and O–H groups in total. The van der Waals surface area contributed by atoms with E-state index < -0.39 is 0 Å². The lowest BCUT2D eigenvalue weighted by molar-refractivity contribution is 0.0690. The maximum atomic E-state index is 13.2. The Hall–Kier alpha value is -2.21. The predicted octanol–water partition coefficient (Wildman–Crippen LogP) is 3.80. The third-order valence-corrected chi connectivity index (χ3v) is 5.48. The number of rotatable bonds is 6. The second kappa shape index (κ2) is 9.32. The van der Waals surface area contributed by atoms with Gasteiger partial charge in [0.1, 0.15) is 11.5 Å². The van der Waals surface area contributed by atoms with Crippen molar-refractivity contribution in [2.24, 2.45) is 5.92 Å². The molecule has 1 atom stereocenters. The molecule has 2 aromatic rings. The number of carbonyl (C=O) groups is 1. The Labute approximate surface area is 167 Å². The van der Waals surface area contributed by atoms with Gasteiger partial charge in [-0.05, 0) is 42.5 Å². The maximum absolute atomic E-state index is 13.2. The highest BCUT2D eigenvalue weighted by molar-refractivity contribution is 5.92. The van der Waals surface area contributed by atoms with Gasteiger partial charge >= 0.3 is 0 Å². The number of halogens is 1. The number of nitrogens with zero attached hydrogens (tertiary/aromatic N) is 4. The summed E-state index contributed by atoms with van der Waals surface area (Å²) >= 11 is 0. The Morgan fingerprint density at radius 3 is 2.64 bits per heavy atom. The fraction of sp³-hybridized carbons (Fsp3) is 0.545. The number of amides is 1. The zero-order chi connectivity index (χ0) is 20.1. The summed E-state index contributed by atoms with van der Waals surface area (Å²) in [5.74, 6) is 0.273. The van der Waals surface area contributed by atoms with Gasteiger partial charge in [-0.3, -0.25) is 14.4 Å². The van der Waals surface area contributed by atoms with E-state index in [1.165, 1.54) is 12.1 Å². The number of aromatic nitrogens is 2. The van der Waals surface area contributed by atoms with Crippen LogP contribution in [0.2, 0.25) is 0 Å². The topological polar surface area (TPSA) is 41.4 Å². The lowest BCUT2D eigenvalue weighted by atomic mass is 10.0. The Morgan fingerprint density at radius 1 is 1.21 bits per heavy atom. The van der Waals surface area contributed by atoms with Crippen molar-refractivity contribution >= 4 is 5.91 Å². The van der Waals surface area contributed by atoms with Gasteiger partial charge in [-0.25, -0.2) is 4.39 Å². The molecule has 0 saturated carbocycles. The van der Waals surface area contributed by atoms with E-state index in [0.717, 1.165) is 44.6 Å². The van der Waals surface area contributed by atoms with Gasteiger partial charge in [0.25, 0.3) is 5.91 Å². The zero-order valence-electron chi connectivity index (χ0n) is 17.1. The van der Waals surface area contributed by atoms with Crippen LogP contribution in [-0.4, -0.2) is 51.2 Å². The van der Waals surface area contributed by atoms with Crippen LogP contribution in [0.3, 0.4) is 0 Å². The Balaban J connectivity index is 1.75. The highest BCUT2D eigenvalue weighted by Crippen LogP contribution is 2.21. The van der Waals surface area contributed by atoms with Crippen LogP contribution < -0.4 is 0 Å². The molecule has 1 fully saturated rings. The molecule has 1 aliphatic heterocycles. The third-order valence-electron chi connectivity index (χ3n) is 5.48. The second-order valence-electron chi connectivity index (χ2n) is 7.95. The van der Waals surface area contributed by atoms with E-state index in [9.17, 15) is 9.18 Å². The summed E-state index contributed by atoms with van der Waals surface area (Å²) in [4.78, 5) is 17.6. The van der Waals surface area contributed by atoms with Crippen LogP contribution in [-0.2, 0) is 13.1 Å². The van der Waals surface area contributed by atoms with Crippen LogP contribution in [0.15, 0.2) is 36.5 Å². The van der Waals surface area contributed by atoms with Crippen molar-refractivity contribution in [3.63, 3.8) is 0 Å². The highest BCUT2D eigenvalue weighted by Gasteiger charge is 2.30. The largest absolute Gasteiger partial charge is 0.336 e. The molecule has 2 heterocycles. The minimum atomic E-state index is -0.208. The number of aryl methyl sites for hydroxylation is 1. The lowest BCUT2D eigenvalue weighted by Crippen LogP contribution is -2.45. The number of carbonyl (C=O) groups excluding carboxylic acids is 1. The molecule has 5 nitrogen and oxygen atoms in total. The summed E-state index contributed by atoms with van der Waals surface area (Å²) in [7, 11) is 0. The first-order chi connectivity index (χ1) is 13.5. The number of hydrogen-bond donors (Lipinski definition) is 0. The van der Waals surface area contributed by atoms with Crippen molar-refractivity contribution in [2.75, 3.05) is 19.6 Å². The molecular formula is C22H31FN4O. The van der Waals surface area contributed by atoms with Gasteiger partial charge in [-0.2, -0.15) is 5.10 Å². The minimum Gasteiger partial charge on any atom is -0.336 e. The number of hydrogen-bond acceptors (Lipinski definition) is 3. The van der Waals surface area contributed by atoms with E-state index in [1.807, 2.05) is 27.8 Å². The molecule has 1 saturated heterocycles. The molecule has 3 rings (SSSR count). The van der Waals surface area contributed by atoms with Gasteiger partial charge in [-0.1, -0.05) is 32.9 Å². The Morgan fingerprint density at radius 2 is 1.96 bits per heavy atom. The van der Waals surface area contributed by atoms with E-state index in [-0.39, 0.29) is 17.8 Å². The highest BCUT2D eigenvalue weighted by atomic mass is 19.1. The molecule has 1 amide bonds. The molecule has 152 valence electrons. The molecule has 0 bridgehead atoms. The van der Waals surface area contributed by atoms with Crippen LogP contribution >= 0.6 is 0 Å². The van der Waals surface area contributed by atoms with Crippen molar-refractivity contribution in [1.82, 2.24) is 19.6 Å². The molecule has 1 unspecified atom stereocenters. The molecule has 1 aromatic heterocycles. The monoisotopic (exact) mass is 386 g/mol. The van der Waals surface area contributed by atoms with Gasteiger partial charge in [0.15, 0.2) is 0 Å². The van der Waals surface area contributed by atoms with Gasteiger partial charge in [0.2, 0.25) is 0 Å². The summed E-state index contributed by atoms with van der Waals surface area (Å²) in [6.45, 7) is 10.4. The summed E-state index contributed by atoms with van der Waals surface area (Å²) < 4.78 is 15.0. The van der Waals surface area contributed by atoms with Crippen LogP contribution in [0.5, 0.6) is 0 Å². The van der Waals surface area contributed by atoms with Crippen LogP contribution in [0.1, 0.15) is 49.7 Å². The van der Waals surface area contributed by atoms with Gasteiger partial charge in [0, 0.05) is 45.0 Å². The predicted molar refractivity (Wildman–Crippen MR) is 108 cm³/mol. The summed E-state index contributed by atoms with van der Waals surface area (Å²) in [6, 6.07) is 8.82.